The third-order valence-corrected chi connectivity index (χ3v) is 3.90. The number of carbonyl (C=O) groups excluding carboxylic acids is 1. The molecule has 0 aliphatic heterocycles. The van der Waals surface area contributed by atoms with Gasteiger partial charge in [-0.3, -0.25) is 4.79 Å². The minimum Gasteiger partial charge on any atom is -0.494 e. The number of ketones is 1. The zero-order valence-electron chi connectivity index (χ0n) is 14.7. The number of aromatic nitrogens is 1. The highest BCUT2D eigenvalue weighted by Gasteiger charge is 2.07. The summed E-state index contributed by atoms with van der Waals surface area (Å²) < 4.78 is 11.6. The van der Waals surface area contributed by atoms with Crippen molar-refractivity contribution in [3.05, 3.63) is 59.7 Å². The fourth-order valence-electron chi connectivity index (χ4n) is 2.54. The van der Waals surface area contributed by atoms with Crippen molar-refractivity contribution in [3.63, 3.8) is 0 Å². The van der Waals surface area contributed by atoms with Gasteiger partial charge in [-0.1, -0.05) is 6.92 Å². The Morgan fingerprint density at radius 1 is 1.08 bits per heavy atom. The van der Waals surface area contributed by atoms with Crippen LogP contribution in [0.2, 0.25) is 0 Å². The van der Waals surface area contributed by atoms with Gasteiger partial charge in [-0.15, -0.1) is 0 Å². The Hall–Kier alpha value is -2.88. The maximum absolute atomic E-state index is 11.5. The molecule has 0 aliphatic rings. The Labute approximate surface area is 147 Å². The normalized spacial score (nSPS) is 10.7. The maximum atomic E-state index is 11.5. The number of ether oxygens (including phenoxy) is 2. The van der Waals surface area contributed by atoms with E-state index in [9.17, 15) is 4.79 Å². The highest BCUT2D eigenvalue weighted by atomic mass is 16.5. The van der Waals surface area contributed by atoms with Crippen LogP contribution >= 0.6 is 0 Å². The topological polar surface area (TPSA) is 48.4 Å². The molecular formula is C21H21NO3. The minimum absolute atomic E-state index is 0.0447. The molecule has 3 aromatic rings. The molecule has 0 N–H and O–H groups in total. The van der Waals surface area contributed by atoms with E-state index in [1.807, 2.05) is 49.4 Å². The number of fused-ring (bicyclic) bond motifs is 1. The number of Topliss-reactive ketones (excluding diaryl/α,β-unsaturated/α-hetero) is 1. The molecule has 0 amide bonds. The molecule has 0 radical (unpaired) electrons. The summed E-state index contributed by atoms with van der Waals surface area (Å²) in [5.74, 6) is 2.16. The van der Waals surface area contributed by atoms with Crippen LogP contribution in [0, 0.1) is 6.92 Å². The second-order valence-corrected chi connectivity index (χ2v) is 5.99. The van der Waals surface area contributed by atoms with Crippen molar-refractivity contribution in [1.82, 2.24) is 4.98 Å². The standard InChI is InChI=1S/C21H21NO3/c1-4-11-24-18-7-9-20(14(2)12-18)25-21-10-6-17-13-16(15(3)23)5-8-19(17)22-21/h5-10,12-13H,4,11H2,1-3H3. The Balaban J connectivity index is 1.83. The van der Waals surface area contributed by atoms with Gasteiger partial charge in [0.2, 0.25) is 5.88 Å². The number of hydrogen-bond acceptors (Lipinski definition) is 4. The molecule has 0 saturated carbocycles. The average Bonchev–Trinajstić information content (AvgIpc) is 2.61. The van der Waals surface area contributed by atoms with E-state index in [0.717, 1.165) is 34.4 Å². The van der Waals surface area contributed by atoms with Gasteiger partial charge in [0.05, 0.1) is 12.1 Å². The first-order valence-corrected chi connectivity index (χ1v) is 8.40. The van der Waals surface area contributed by atoms with E-state index in [1.165, 1.54) is 0 Å². The van der Waals surface area contributed by atoms with Crippen LogP contribution in [0.15, 0.2) is 48.5 Å². The van der Waals surface area contributed by atoms with Crippen LogP contribution in [-0.4, -0.2) is 17.4 Å². The van der Waals surface area contributed by atoms with Gasteiger partial charge in [0.1, 0.15) is 11.5 Å². The zero-order valence-corrected chi connectivity index (χ0v) is 14.7. The fourth-order valence-corrected chi connectivity index (χ4v) is 2.54. The number of benzene rings is 2. The molecular weight excluding hydrogens is 314 g/mol. The van der Waals surface area contributed by atoms with Crippen molar-refractivity contribution >= 4 is 16.7 Å². The number of rotatable bonds is 6. The third-order valence-electron chi connectivity index (χ3n) is 3.90. The van der Waals surface area contributed by atoms with E-state index in [2.05, 4.69) is 11.9 Å². The molecule has 0 atom stereocenters. The molecule has 2 aromatic carbocycles. The van der Waals surface area contributed by atoms with Crippen molar-refractivity contribution in [2.24, 2.45) is 0 Å². The van der Waals surface area contributed by atoms with Crippen molar-refractivity contribution < 1.29 is 14.3 Å². The minimum atomic E-state index is 0.0447. The van der Waals surface area contributed by atoms with Gasteiger partial charge < -0.3 is 9.47 Å². The number of nitrogens with zero attached hydrogens (tertiary/aromatic N) is 1. The predicted molar refractivity (Wildman–Crippen MR) is 98.8 cm³/mol. The van der Waals surface area contributed by atoms with Gasteiger partial charge in [0.25, 0.3) is 0 Å². The van der Waals surface area contributed by atoms with Crippen LogP contribution in [0.3, 0.4) is 0 Å². The molecule has 3 rings (SSSR count). The van der Waals surface area contributed by atoms with E-state index in [-0.39, 0.29) is 5.78 Å². The lowest BCUT2D eigenvalue weighted by Crippen LogP contribution is -1.96. The van der Waals surface area contributed by atoms with Crippen LogP contribution in [-0.2, 0) is 0 Å². The lowest BCUT2D eigenvalue weighted by molar-refractivity contribution is 0.101. The number of hydrogen-bond donors (Lipinski definition) is 0. The molecule has 0 bridgehead atoms. The molecule has 4 heteroatoms. The van der Waals surface area contributed by atoms with Gasteiger partial charge >= 0.3 is 0 Å². The van der Waals surface area contributed by atoms with Crippen molar-refractivity contribution in [2.75, 3.05) is 6.61 Å². The molecule has 128 valence electrons. The molecule has 0 unspecified atom stereocenters. The van der Waals surface area contributed by atoms with Gasteiger partial charge in [0.15, 0.2) is 5.78 Å². The summed E-state index contributed by atoms with van der Waals surface area (Å²) in [6.07, 6.45) is 0.976. The SMILES string of the molecule is CCCOc1ccc(Oc2ccc3cc(C(C)=O)ccc3n2)c(C)c1. The molecule has 0 aliphatic carbocycles. The van der Waals surface area contributed by atoms with Crippen LogP contribution in [0.4, 0.5) is 0 Å². The molecule has 4 nitrogen and oxygen atoms in total. The first-order valence-electron chi connectivity index (χ1n) is 8.40. The zero-order chi connectivity index (χ0) is 17.8. The van der Waals surface area contributed by atoms with Gasteiger partial charge in [-0.2, -0.15) is 0 Å². The van der Waals surface area contributed by atoms with E-state index >= 15 is 0 Å². The predicted octanol–water partition coefficient (Wildman–Crippen LogP) is 5.33. The molecule has 0 fully saturated rings. The lowest BCUT2D eigenvalue weighted by Gasteiger charge is -2.11. The van der Waals surface area contributed by atoms with E-state index in [1.54, 1.807) is 13.0 Å². The largest absolute Gasteiger partial charge is 0.494 e. The molecule has 1 aromatic heterocycles. The smallest absolute Gasteiger partial charge is 0.219 e. The monoisotopic (exact) mass is 335 g/mol. The van der Waals surface area contributed by atoms with Crippen LogP contribution in [0.1, 0.15) is 36.2 Å². The van der Waals surface area contributed by atoms with Crippen molar-refractivity contribution in [3.8, 4) is 17.4 Å². The highest BCUT2D eigenvalue weighted by Crippen LogP contribution is 2.28. The Kier molecular flexibility index (Phi) is 4.98. The average molecular weight is 335 g/mol. The van der Waals surface area contributed by atoms with E-state index in [0.29, 0.717) is 18.1 Å². The van der Waals surface area contributed by atoms with Crippen LogP contribution < -0.4 is 9.47 Å². The Morgan fingerprint density at radius 3 is 2.64 bits per heavy atom. The summed E-state index contributed by atoms with van der Waals surface area (Å²) in [5, 5.41) is 0.917. The molecule has 0 saturated heterocycles. The molecule has 1 heterocycles. The summed E-state index contributed by atoms with van der Waals surface area (Å²) >= 11 is 0. The second-order valence-electron chi connectivity index (χ2n) is 5.99. The van der Waals surface area contributed by atoms with Gasteiger partial charge in [-0.05, 0) is 68.3 Å². The maximum Gasteiger partial charge on any atom is 0.219 e. The number of pyridine rings is 1. The van der Waals surface area contributed by atoms with Gasteiger partial charge in [-0.25, -0.2) is 4.98 Å². The number of carbonyl (C=O) groups is 1. The molecule has 0 spiro atoms. The van der Waals surface area contributed by atoms with Gasteiger partial charge in [0, 0.05) is 17.0 Å². The first kappa shape index (κ1) is 17.0. The Bertz CT molecular complexity index is 918. The highest BCUT2D eigenvalue weighted by molar-refractivity contribution is 5.97. The summed E-state index contributed by atoms with van der Waals surface area (Å²) in [5.41, 5.74) is 2.46. The van der Waals surface area contributed by atoms with E-state index < -0.39 is 0 Å². The van der Waals surface area contributed by atoms with Crippen molar-refractivity contribution in [1.29, 1.82) is 0 Å². The summed E-state index contributed by atoms with van der Waals surface area (Å²) in [6, 6.07) is 15.0. The van der Waals surface area contributed by atoms with Crippen LogP contribution in [0.25, 0.3) is 10.9 Å². The number of aryl methyl sites for hydroxylation is 1. The first-order chi connectivity index (χ1) is 12.1. The van der Waals surface area contributed by atoms with Crippen molar-refractivity contribution in [2.45, 2.75) is 27.2 Å². The fraction of sp³-hybridized carbons (Fsp3) is 0.238. The lowest BCUT2D eigenvalue weighted by atomic mass is 10.1. The summed E-state index contributed by atoms with van der Waals surface area (Å²) in [7, 11) is 0. The second kappa shape index (κ2) is 7.34. The quantitative estimate of drug-likeness (QED) is 0.571. The Morgan fingerprint density at radius 2 is 1.92 bits per heavy atom. The summed E-state index contributed by atoms with van der Waals surface area (Å²) in [4.78, 5) is 16.0. The van der Waals surface area contributed by atoms with E-state index in [4.69, 9.17) is 9.47 Å². The van der Waals surface area contributed by atoms with Crippen LogP contribution in [0.5, 0.6) is 17.4 Å². The summed E-state index contributed by atoms with van der Waals surface area (Å²) in [6.45, 7) is 6.32. The molecule has 25 heavy (non-hydrogen) atoms. The third kappa shape index (κ3) is 3.97.